The Morgan fingerprint density at radius 2 is 1.89 bits per heavy atom. The number of aromatic nitrogens is 2. The molecule has 3 aliphatic rings. The highest BCUT2D eigenvalue weighted by Gasteiger charge is 2.42. The van der Waals surface area contributed by atoms with Gasteiger partial charge < -0.3 is 4.84 Å². The molecule has 2 saturated carbocycles. The van der Waals surface area contributed by atoms with Gasteiger partial charge in [0, 0.05) is 29.0 Å². The number of nitrogens with zero attached hydrogens (tertiary/aromatic N) is 2. The quantitative estimate of drug-likeness (QED) is 0.572. The number of benzene rings is 1. The highest BCUT2D eigenvalue weighted by Crippen LogP contribution is 2.47. The van der Waals surface area contributed by atoms with Crippen molar-refractivity contribution < 1.29 is 4.84 Å². The molecule has 1 heterocycles. The number of rotatable bonds is 5. The smallest absolute Gasteiger partial charge is 0.117 e. The molecule has 3 aliphatic carbocycles. The summed E-state index contributed by atoms with van der Waals surface area (Å²) >= 11 is 0. The summed E-state index contributed by atoms with van der Waals surface area (Å²) in [6.45, 7) is 0. The molecule has 5 rings (SSSR count). The van der Waals surface area contributed by atoms with Gasteiger partial charge in [-0.25, -0.2) is 0 Å². The summed E-state index contributed by atoms with van der Waals surface area (Å²) in [7, 11) is 1.63. The van der Waals surface area contributed by atoms with Crippen molar-refractivity contribution in [3.8, 4) is 0 Å². The lowest BCUT2D eigenvalue weighted by molar-refractivity contribution is 0.212. The Kier molecular flexibility index (Phi) is 4.58. The van der Waals surface area contributed by atoms with Crippen LogP contribution < -0.4 is 0 Å². The van der Waals surface area contributed by atoms with Crippen LogP contribution in [0, 0.1) is 11.8 Å². The SMILES string of the molecule is CO/N=C(/c1n[nH]c2c1C=CC(c1ccccc1)(C1CCCCC1)C2)C1CC1. The Morgan fingerprint density at radius 1 is 1.11 bits per heavy atom. The van der Waals surface area contributed by atoms with Gasteiger partial charge in [-0.1, -0.05) is 66.9 Å². The molecule has 2 fully saturated rings. The highest BCUT2D eigenvalue weighted by atomic mass is 16.6. The zero-order chi connectivity index (χ0) is 19.0. The van der Waals surface area contributed by atoms with Crippen LogP contribution >= 0.6 is 0 Å². The fourth-order valence-electron chi connectivity index (χ4n) is 5.33. The minimum Gasteiger partial charge on any atom is -0.399 e. The van der Waals surface area contributed by atoms with E-state index in [1.54, 1.807) is 7.11 Å². The van der Waals surface area contributed by atoms with Crippen LogP contribution in [0.4, 0.5) is 0 Å². The topological polar surface area (TPSA) is 50.3 Å². The van der Waals surface area contributed by atoms with E-state index < -0.39 is 0 Å². The minimum atomic E-state index is 0.0661. The summed E-state index contributed by atoms with van der Waals surface area (Å²) in [5, 5.41) is 12.4. The highest BCUT2D eigenvalue weighted by molar-refractivity contribution is 6.04. The van der Waals surface area contributed by atoms with Crippen LogP contribution in [-0.4, -0.2) is 23.0 Å². The van der Waals surface area contributed by atoms with Gasteiger partial charge in [0.15, 0.2) is 0 Å². The second-order valence-electron chi connectivity index (χ2n) is 8.65. The molecule has 0 spiro atoms. The average Bonchev–Trinajstić information content (AvgIpc) is 3.52. The average molecular weight is 376 g/mol. The van der Waals surface area contributed by atoms with Gasteiger partial charge in [-0.05, 0) is 37.2 Å². The first-order valence-electron chi connectivity index (χ1n) is 10.8. The summed E-state index contributed by atoms with van der Waals surface area (Å²) in [5.74, 6) is 1.19. The lowest BCUT2D eigenvalue weighted by Crippen LogP contribution is -2.38. The number of nitrogens with one attached hydrogen (secondary N) is 1. The maximum Gasteiger partial charge on any atom is 0.117 e. The third-order valence-electron chi connectivity index (χ3n) is 6.94. The summed E-state index contributed by atoms with van der Waals surface area (Å²) in [5.41, 5.74) is 5.96. The maximum atomic E-state index is 5.14. The molecule has 1 N–H and O–H groups in total. The zero-order valence-electron chi connectivity index (χ0n) is 16.7. The van der Waals surface area contributed by atoms with Crippen molar-refractivity contribution in [2.75, 3.05) is 7.11 Å². The van der Waals surface area contributed by atoms with E-state index in [-0.39, 0.29) is 5.41 Å². The van der Waals surface area contributed by atoms with Crippen molar-refractivity contribution in [3.05, 3.63) is 58.9 Å². The third-order valence-corrected chi connectivity index (χ3v) is 6.94. The molecule has 0 saturated heterocycles. The van der Waals surface area contributed by atoms with Crippen molar-refractivity contribution >= 4 is 11.8 Å². The molecular weight excluding hydrogens is 346 g/mol. The predicted octanol–water partition coefficient (Wildman–Crippen LogP) is 5.26. The van der Waals surface area contributed by atoms with Gasteiger partial charge >= 0.3 is 0 Å². The van der Waals surface area contributed by atoms with Crippen molar-refractivity contribution in [2.24, 2.45) is 17.0 Å². The van der Waals surface area contributed by atoms with Gasteiger partial charge in [0.05, 0.1) is 0 Å². The van der Waals surface area contributed by atoms with E-state index >= 15 is 0 Å². The van der Waals surface area contributed by atoms with E-state index in [0.717, 1.165) is 17.8 Å². The van der Waals surface area contributed by atoms with Crippen molar-refractivity contribution in [3.63, 3.8) is 0 Å². The molecule has 1 atom stereocenters. The number of aromatic amines is 1. The van der Waals surface area contributed by atoms with E-state index in [2.05, 4.69) is 52.7 Å². The van der Waals surface area contributed by atoms with Gasteiger partial charge in [0.25, 0.3) is 0 Å². The van der Waals surface area contributed by atoms with E-state index in [0.29, 0.717) is 11.8 Å². The van der Waals surface area contributed by atoms with Gasteiger partial charge in [0.2, 0.25) is 0 Å². The molecule has 1 aromatic carbocycles. The fourth-order valence-corrected chi connectivity index (χ4v) is 5.33. The van der Waals surface area contributed by atoms with Gasteiger partial charge in [0.1, 0.15) is 18.5 Å². The molecule has 146 valence electrons. The lowest BCUT2D eigenvalue weighted by Gasteiger charge is -2.43. The molecule has 0 radical (unpaired) electrons. The fraction of sp³-hybridized carbons (Fsp3) is 0.500. The van der Waals surface area contributed by atoms with Gasteiger partial charge in [-0.2, -0.15) is 5.10 Å². The third kappa shape index (κ3) is 2.99. The standard InChI is InChI=1S/C24H29N3O/c1-28-27-22(17-12-13-17)23-20-14-15-24(16-21(20)25-26-23,18-8-4-2-5-9-18)19-10-6-3-7-11-19/h2,4-5,8-9,14-15,17,19H,3,6-7,10-13,16H2,1H3,(H,25,26)/b27-22+. The van der Waals surface area contributed by atoms with Crippen LogP contribution in [0.25, 0.3) is 6.08 Å². The maximum absolute atomic E-state index is 5.14. The first-order chi connectivity index (χ1) is 13.8. The monoisotopic (exact) mass is 375 g/mol. The zero-order valence-corrected chi connectivity index (χ0v) is 16.7. The second-order valence-corrected chi connectivity index (χ2v) is 8.65. The molecule has 2 aromatic rings. The van der Waals surface area contributed by atoms with Crippen LogP contribution in [0.2, 0.25) is 0 Å². The Labute approximate surface area is 167 Å². The summed E-state index contributed by atoms with van der Waals surface area (Å²) in [6, 6.07) is 11.1. The van der Waals surface area contributed by atoms with Crippen molar-refractivity contribution in [1.82, 2.24) is 10.2 Å². The normalized spacial score (nSPS) is 25.5. The van der Waals surface area contributed by atoms with Gasteiger partial charge in [-0.3, -0.25) is 5.10 Å². The lowest BCUT2D eigenvalue weighted by atomic mass is 9.61. The number of oxime groups is 1. The molecule has 4 heteroatoms. The molecule has 0 bridgehead atoms. The number of allylic oxidation sites excluding steroid dienone is 1. The molecule has 28 heavy (non-hydrogen) atoms. The molecule has 1 unspecified atom stereocenters. The Balaban J connectivity index is 1.56. The Bertz CT molecular complexity index is 888. The molecule has 0 amide bonds. The van der Waals surface area contributed by atoms with Gasteiger partial charge in [-0.15, -0.1) is 0 Å². The van der Waals surface area contributed by atoms with Crippen LogP contribution in [0.15, 0.2) is 41.6 Å². The van der Waals surface area contributed by atoms with E-state index in [1.165, 1.54) is 61.8 Å². The Hall–Kier alpha value is -2.36. The van der Waals surface area contributed by atoms with Crippen molar-refractivity contribution in [2.45, 2.75) is 56.8 Å². The molecule has 0 aliphatic heterocycles. The molecule has 1 aromatic heterocycles. The van der Waals surface area contributed by atoms with Crippen LogP contribution in [0.3, 0.4) is 0 Å². The first kappa shape index (κ1) is 17.7. The summed E-state index contributed by atoms with van der Waals surface area (Å²) in [4.78, 5) is 5.14. The number of hydrogen-bond donors (Lipinski definition) is 1. The first-order valence-corrected chi connectivity index (χ1v) is 10.8. The Morgan fingerprint density at radius 3 is 2.61 bits per heavy atom. The largest absolute Gasteiger partial charge is 0.399 e. The summed E-state index contributed by atoms with van der Waals surface area (Å²) in [6.07, 6.45) is 14.9. The number of H-pyrrole nitrogens is 1. The second kappa shape index (κ2) is 7.23. The summed E-state index contributed by atoms with van der Waals surface area (Å²) < 4.78 is 0. The molecule has 4 nitrogen and oxygen atoms in total. The van der Waals surface area contributed by atoms with E-state index in [1.807, 2.05) is 0 Å². The number of hydrogen-bond acceptors (Lipinski definition) is 3. The van der Waals surface area contributed by atoms with Crippen molar-refractivity contribution in [1.29, 1.82) is 0 Å². The number of fused-ring (bicyclic) bond motifs is 1. The van der Waals surface area contributed by atoms with Crippen LogP contribution in [-0.2, 0) is 16.7 Å². The minimum absolute atomic E-state index is 0.0661. The van der Waals surface area contributed by atoms with Crippen LogP contribution in [0.5, 0.6) is 0 Å². The van der Waals surface area contributed by atoms with Crippen LogP contribution in [0.1, 0.15) is 67.5 Å². The van der Waals surface area contributed by atoms with E-state index in [4.69, 9.17) is 9.94 Å². The van der Waals surface area contributed by atoms with E-state index in [9.17, 15) is 0 Å². The predicted molar refractivity (Wildman–Crippen MR) is 112 cm³/mol. The molecular formula is C24H29N3O.